The van der Waals surface area contributed by atoms with E-state index in [1.54, 1.807) is 0 Å². The minimum atomic E-state index is 0.158. The lowest BCUT2D eigenvalue weighted by atomic mass is 10.2. The largest absolute Gasteiger partial charge is 0.494 e. The molecule has 1 amide bonds. The molecular formula is C25H32ClN3O2. The molecule has 0 aliphatic rings. The van der Waals surface area contributed by atoms with Gasteiger partial charge in [0.25, 0.3) is 0 Å². The molecule has 1 aromatic heterocycles. The van der Waals surface area contributed by atoms with Crippen LogP contribution in [0.4, 0.5) is 0 Å². The Labute approximate surface area is 189 Å². The van der Waals surface area contributed by atoms with Crippen molar-refractivity contribution in [2.24, 2.45) is 0 Å². The standard InChI is InChI=1S/C25H32ClN3O2/c1-2-9-25(30)27-17-7-3-4-12-24-28-22-10-5-6-11-23(22)29(24)18-8-19-31-21-15-13-20(26)14-16-21/h5-6,10-11,13-16H,2-4,7-9,12,17-19H2,1H3,(H,27,30). The molecule has 5 nitrogen and oxygen atoms in total. The van der Waals surface area contributed by atoms with E-state index in [4.69, 9.17) is 21.3 Å². The van der Waals surface area contributed by atoms with E-state index in [1.807, 2.05) is 37.3 Å². The van der Waals surface area contributed by atoms with Gasteiger partial charge in [0.05, 0.1) is 17.6 Å². The molecule has 0 aliphatic carbocycles. The first-order valence-corrected chi connectivity index (χ1v) is 11.6. The van der Waals surface area contributed by atoms with Gasteiger partial charge in [0.15, 0.2) is 0 Å². The van der Waals surface area contributed by atoms with Gasteiger partial charge in [0.2, 0.25) is 5.91 Å². The minimum absolute atomic E-state index is 0.158. The van der Waals surface area contributed by atoms with Crippen molar-refractivity contribution in [3.8, 4) is 5.75 Å². The number of para-hydroxylation sites is 2. The Balaban J connectivity index is 1.48. The molecule has 0 fully saturated rings. The zero-order chi connectivity index (χ0) is 21.9. The second-order valence-electron chi connectivity index (χ2n) is 7.73. The predicted molar refractivity (Wildman–Crippen MR) is 127 cm³/mol. The number of nitrogens with zero attached hydrogens (tertiary/aromatic N) is 2. The van der Waals surface area contributed by atoms with Crippen LogP contribution in [-0.4, -0.2) is 28.6 Å². The zero-order valence-corrected chi connectivity index (χ0v) is 19.0. The molecule has 0 radical (unpaired) electrons. The van der Waals surface area contributed by atoms with Gasteiger partial charge in [0, 0.05) is 31.0 Å². The van der Waals surface area contributed by atoms with Crippen LogP contribution in [0, 0.1) is 0 Å². The Hall–Kier alpha value is -2.53. The number of rotatable bonds is 13. The molecule has 0 saturated heterocycles. The van der Waals surface area contributed by atoms with E-state index < -0.39 is 0 Å². The third-order valence-corrected chi connectivity index (χ3v) is 5.47. The highest BCUT2D eigenvalue weighted by Crippen LogP contribution is 2.19. The maximum atomic E-state index is 11.5. The summed E-state index contributed by atoms with van der Waals surface area (Å²) in [6.07, 6.45) is 6.50. The lowest BCUT2D eigenvalue weighted by Gasteiger charge is -2.11. The summed E-state index contributed by atoms with van der Waals surface area (Å²) in [4.78, 5) is 16.4. The van der Waals surface area contributed by atoms with Crippen LogP contribution >= 0.6 is 11.6 Å². The van der Waals surface area contributed by atoms with Crippen molar-refractivity contribution in [2.45, 2.75) is 58.4 Å². The zero-order valence-electron chi connectivity index (χ0n) is 18.3. The van der Waals surface area contributed by atoms with E-state index in [0.717, 1.165) is 68.7 Å². The van der Waals surface area contributed by atoms with Crippen molar-refractivity contribution in [2.75, 3.05) is 13.2 Å². The van der Waals surface area contributed by atoms with Crippen molar-refractivity contribution in [3.05, 3.63) is 59.4 Å². The van der Waals surface area contributed by atoms with Crippen LogP contribution in [0.1, 0.15) is 51.3 Å². The van der Waals surface area contributed by atoms with Crippen LogP contribution < -0.4 is 10.1 Å². The van der Waals surface area contributed by atoms with E-state index in [2.05, 4.69) is 28.1 Å². The van der Waals surface area contributed by atoms with Crippen molar-refractivity contribution >= 4 is 28.5 Å². The molecule has 1 N–H and O–H groups in total. The average Bonchev–Trinajstić information content (AvgIpc) is 3.12. The Kier molecular flexibility index (Phi) is 9.22. The highest BCUT2D eigenvalue weighted by molar-refractivity contribution is 6.30. The molecule has 0 saturated carbocycles. The summed E-state index contributed by atoms with van der Waals surface area (Å²) in [5.41, 5.74) is 2.22. The summed E-state index contributed by atoms with van der Waals surface area (Å²) in [5, 5.41) is 3.70. The Morgan fingerprint density at radius 2 is 1.87 bits per heavy atom. The molecule has 0 bridgehead atoms. The summed E-state index contributed by atoms with van der Waals surface area (Å²) < 4.78 is 8.17. The minimum Gasteiger partial charge on any atom is -0.494 e. The summed E-state index contributed by atoms with van der Waals surface area (Å²) in [7, 11) is 0. The van der Waals surface area contributed by atoms with Crippen LogP contribution in [0.25, 0.3) is 11.0 Å². The lowest BCUT2D eigenvalue weighted by Crippen LogP contribution is -2.23. The second-order valence-corrected chi connectivity index (χ2v) is 8.17. The van der Waals surface area contributed by atoms with Crippen LogP contribution in [-0.2, 0) is 17.8 Å². The molecule has 0 atom stereocenters. The number of hydrogen-bond acceptors (Lipinski definition) is 3. The number of unbranched alkanes of at least 4 members (excludes halogenated alkanes) is 2. The molecule has 0 spiro atoms. The van der Waals surface area contributed by atoms with Gasteiger partial charge in [-0.1, -0.05) is 37.1 Å². The molecular weight excluding hydrogens is 410 g/mol. The fourth-order valence-electron chi connectivity index (χ4n) is 3.64. The molecule has 0 aliphatic heterocycles. The monoisotopic (exact) mass is 441 g/mol. The van der Waals surface area contributed by atoms with E-state index in [9.17, 15) is 4.79 Å². The number of ether oxygens (including phenoxy) is 1. The van der Waals surface area contributed by atoms with Crippen molar-refractivity contribution < 1.29 is 9.53 Å². The Bertz CT molecular complexity index is 953. The average molecular weight is 442 g/mol. The van der Waals surface area contributed by atoms with Gasteiger partial charge >= 0.3 is 0 Å². The van der Waals surface area contributed by atoms with E-state index in [0.29, 0.717) is 18.1 Å². The van der Waals surface area contributed by atoms with Crippen LogP contribution in [0.3, 0.4) is 0 Å². The molecule has 166 valence electrons. The van der Waals surface area contributed by atoms with Gasteiger partial charge in [-0.05, 0) is 62.1 Å². The van der Waals surface area contributed by atoms with E-state index in [-0.39, 0.29) is 5.91 Å². The molecule has 31 heavy (non-hydrogen) atoms. The SMILES string of the molecule is CCCC(=O)NCCCCCc1nc2ccccc2n1CCCOc1ccc(Cl)cc1. The smallest absolute Gasteiger partial charge is 0.219 e. The normalized spacial score (nSPS) is 11.0. The highest BCUT2D eigenvalue weighted by atomic mass is 35.5. The maximum Gasteiger partial charge on any atom is 0.219 e. The number of carbonyl (C=O) groups excluding carboxylic acids is 1. The van der Waals surface area contributed by atoms with Crippen LogP contribution in [0.2, 0.25) is 5.02 Å². The van der Waals surface area contributed by atoms with Gasteiger partial charge in [0.1, 0.15) is 11.6 Å². The van der Waals surface area contributed by atoms with E-state index in [1.165, 1.54) is 5.52 Å². The number of aromatic nitrogens is 2. The van der Waals surface area contributed by atoms with Crippen LogP contribution in [0.5, 0.6) is 5.75 Å². The molecule has 3 aromatic rings. The van der Waals surface area contributed by atoms with Crippen molar-refractivity contribution in [1.29, 1.82) is 0 Å². The summed E-state index contributed by atoms with van der Waals surface area (Å²) in [6.45, 7) is 4.30. The first kappa shape index (κ1) is 23.1. The first-order chi connectivity index (χ1) is 15.2. The second kappa shape index (κ2) is 12.4. The number of benzene rings is 2. The first-order valence-electron chi connectivity index (χ1n) is 11.3. The number of halogens is 1. The number of imidazole rings is 1. The molecule has 3 rings (SSSR count). The molecule has 0 unspecified atom stereocenters. The van der Waals surface area contributed by atoms with E-state index >= 15 is 0 Å². The number of amides is 1. The lowest BCUT2D eigenvalue weighted by molar-refractivity contribution is -0.121. The fourth-order valence-corrected chi connectivity index (χ4v) is 3.76. The Morgan fingerprint density at radius 3 is 2.68 bits per heavy atom. The summed E-state index contributed by atoms with van der Waals surface area (Å²) in [5.74, 6) is 2.12. The predicted octanol–water partition coefficient (Wildman–Crippen LogP) is 5.79. The maximum absolute atomic E-state index is 11.5. The number of carbonyl (C=O) groups is 1. The number of hydrogen-bond donors (Lipinski definition) is 1. The van der Waals surface area contributed by atoms with Gasteiger partial charge in [-0.15, -0.1) is 0 Å². The Morgan fingerprint density at radius 1 is 1.06 bits per heavy atom. The third-order valence-electron chi connectivity index (χ3n) is 5.22. The van der Waals surface area contributed by atoms with Crippen molar-refractivity contribution in [3.63, 3.8) is 0 Å². The van der Waals surface area contributed by atoms with Gasteiger partial charge in [-0.2, -0.15) is 0 Å². The van der Waals surface area contributed by atoms with Gasteiger partial charge in [-0.3, -0.25) is 4.79 Å². The topological polar surface area (TPSA) is 56.2 Å². The molecule has 2 aromatic carbocycles. The quantitative estimate of drug-likeness (QED) is 0.341. The molecule has 1 heterocycles. The summed E-state index contributed by atoms with van der Waals surface area (Å²) in [6, 6.07) is 15.8. The number of aryl methyl sites for hydroxylation is 2. The molecule has 6 heteroatoms. The highest BCUT2D eigenvalue weighted by Gasteiger charge is 2.10. The number of nitrogens with one attached hydrogen (secondary N) is 1. The fraction of sp³-hybridized carbons (Fsp3) is 0.440. The number of fused-ring (bicyclic) bond motifs is 1. The van der Waals surface area contributed by atoms with Gasteiger partial charge < -0.3 is 14.6 Å². The van der Waals surface area contributed by atoms with Gasteiger partial charge in [-0.25, -0.2) is 4.98 Å². The van der Waals surface area contributed by atoms with Crippen LogP contribution in [0.15, 0.2) is 48.5 Å². The third kappa shape index (κ3) is 7.28. The van der Waals surface area contributed by atoms with Crippen molar-refractivity contribution in [1.82, 2.24) is 14.9 Å². The summed E-state index contributed by atoms with van der Waals surface area (Å²) >= 11 is 5.93.